The molecule has 0 radical (unpaired) electrons. The zero-order valence-corrected chi connectivity index (χ0v) is 12.4. The van der Waals surface area contributed by atoms with Gasteiger partial charge in [0.1, 0.15) is 0 Å². The van der Waals surface area contributed by atoms with Gasteiger partial charge in [0.25, 0.3) is 0 Å². The fourth-order valence-corrected chi connectivity index (χ4v) is 1.96. The maximum atomic E-state index is 5.46. The Balaban J connectivity index is 3.13. The van der Waals surface area contributed by atoms with Gasteiger partial charge in [-0.3, -0.25) is 0 Å². The molecule has 0 aliphatic rings. The van der Waals surface area contributed by atoms with Crippen LogP contribution in [0.3, 0.4) is 0 Å². The van der Waals surface area contributed by atoms with E-state index in [4.69, 9.17) is 5.73 Å². The lowest BCUT2D eigenvalue weighted by atomic mass is 10.1. The van der Waals surface area contributed by atoms with Crippen LogP contribution in [0.15, 0.2) is 24.3 Å². The van der Waals surface area contributed by atoms with E-state index in [-0.39, 0.29) is 0 Å². The van der Waals surface area contributed by atoms with Gasteiger partial charge in [0.15, 0.2) is 0 Å². The summed E-state index contributed by atoms with van der Waals surface area (Å²) in [6, 6.07) is 0. The first-order valence-electron chi connectivity index (χ1n) is 7.92. The number of nitrogens with two attached hydrogens (primary N) is 1. The molecular weight excluding hydrogens is 218 g/mol. The van der Waals surface area contributed by atoms with Gasteiger partial charge in [0, 0.05) is 0 Å². The highest BCUT2D eigenvalue weighted by molar-refractivity contribution is 4.92. The average molecular weight is 251 g/mol. The molecule has 1 heteroatoms. The third-order valence-electron chi connectivity index (χ3n) is 3.15. The summed E-state index contributed by atoms with van der Waals surface area (Å²) in [4.78, 5) is 0. The number of rotatable bonds is 13. The molecule has 1 nitrogen and oxygen atoms in total. The van der Waals surface area contributed by atoms with Crippen LogP contribution in [0.5, 0.6) is 0 Å². The van der Waals surface area contributed by atoms with E-state index in [0.717, 1.165) is 13.0 Å². The summed E-state index contributed by atoms with van der Waals surface area (Å²) in [5.41, 5.74) is 5.46. The SMILES string of the molecule is CCCCC/C=C/C/C=C/CCCCCCCN. The molecule has 0 aliphatic carbocycles. The maximum Gasteiger partial charge on any atom is -0.00773 e. The minimum absolute atomic E-state index is 0.852. The summed E-state index contributed by atoms with van der Waals surface area (Å²) in [6.07, 6.45) is 23.4. The van der Waals surface area contributed by atoms with Crippen LogP contribution < -0.4 is 5.73 Å². The fraction of sp³-hybridized carbons (Fsp3) is 0.765. The standard InChI is InChI=1S/C17H33N/c1-2-3-4-5-6-7-8-9-10-11-12-13-14-15-16-17-18/h6-7,9-10H,2-5,8,11-18H2,1H3/b7-6+,10-9+. The second-order valence-electron chi connectivity index (χ2n) is 5.02. The van der Waals surface area contributed by atoms with Crippen molar-refractivity contribution in [3.8, 4) is 0 Å². The molecule has 0 bridgehead atoms. The molecule has 0 atom stereocenters. The number of unbranched alkanes of at least 4 members (excludes halogenated alkanes) is 8. The Kier molecular flexibility index (Phi) is 15.9. The average Bonchev–Trinajstić information content (AvgIpc) is 2.39. The second kappa shape index (κ2) is 16.4. The predicted octanol–water partition coefficient (Wildman–Crippen LogP) is 5.37. The largest absolute Gasteiger partial charge is 0.330 e. The Morgan fingerprint density at radius 2 is 1.22 bits per heavy atom. The first kappa shape index (κ1) is 17.4. The van der Waals surface area contributed by atoms with Gasteiger partial charge in [-0.2, -0.15) is 0 Å². The van der Waals surface area contributed by atoms with E-state index >= 15 is 0 Å². The summed E-state index contributed by atoms with van der Waals surface area (Å²) >= 11 is 0. The zero-order valence-electron chi connectivity index (χ0n) is 12.4. The van der Waals surface area contributed by atoms with Crippen molar-refractivity contribution in [1.82, 2.24) is 0 Å². The Hall–Kier alpha value is -0.560. The molecule has 106 valence electrons. The van der Waals surface area contributed by atoms with Crippen LogP contribution in [-0.2, 0) is 0 Å². The molecule has 0 aliphatic heterocycles. The van der Waals surface area contributed by atoms with Gasteiger partial charge in [-0.1, -0.05) is 63.3 Å². The molecular formula is C17H33N. The van der Waals surface area contributed by atoms with Crippen molar-refractivity contribution in [2.75, 3.05) is 6.54 Å². The van der Waals surface area contributed by atoms with E-state index in [1.807, 2.05) is 0 Å². The van der Waals surface area contributed by atoms with Gasteiger partial charge < -0.3 is 5.73 Å². The molecule has 0 heterocycles. The van der Waals surface area contributed by atoms with Gasteiger partial charge in [0.2, 0.25) is 0 Å². The summed E-state index contributed by atoms with van der Waals surface area (Å²) < 4.78 is 0. The molecule has 2 N–H and O–H groups in total. The third kappa shape index (κ3) is 15.4. The summed E-state index contributed by atoms with van der Waals surface area (Å²) in [7, 11) is 0. The lowest BCUT2D eigenvalue weighted by Gasteiger charge is -1.97. The monoisotopic (exact) mass is 251 g/mol. The van der Waals surface area contributed by atoms with Gasteiger partial charge in [0.05, 0.1) is 0 Å². The molecule has 0 fully saturated rings. The van der Waals surface area contributed by atoms with Crippen molar-refractivity contribution in [2.45, 2.75) is 77.6 Å². The van der Waals surface area contributed by atoms with E-state index < -0.39 is 0 Å². The Bertz CT molecular complexity index is 194. The zero-order chi connectivity index (χ0) is 13.3. The topological polar surface area (TPSA) is 26.0 Å². The second-order valence-corrected chi connectivity index (χ2v) is 5.02. The maximum absolute atomic E-state index is 5.46. The highest BCUT2D eigenvalue weighted by Gasteiger charge is 1.87. The minimum Gasteiger partial charge on any atom is -0.330 e. The smallest absolute Gasteiger partial charge is 0.00773 e. The van der Waals surface area contributed by atoms with Crippen LogP contribution in [0.4, 0.5) is 0 Å². The van der Waals surface area contributed by atoms with Crippen molar-refractivity contribution >= 4 is 0 Å². The Labute approximate surface area is 115 Å². The van der Waals surface area contributed by atoms with E-state index in [1.165, 1.54) is 64.2 Å². The predicted molar refractivity (Wildman–Crippen MR) is 83.8 cm³/mol. The minimum atomic E-state index is 0.852. The molecule has 0 saturated heterocycles. The van der Waals surface area contributed by atoms with Crippen LogP contribution in [0.1, 0.15) is 77.6 Å². The molecule has 0 rings (SSSR count). The normalized spacial score (nSPS) is 11.9. The highest BCUT2D eigenvalue weighted by Crippen LogP contribution is 2.05. The molecule has 0 aromatic carbocycles. The lowest BCUT2D eigenvalue weighted by Crippen LogP contribution is -1.97. The lowest BCUT2D eigenvalue weighted by molar-refractivity contribution is 0.622. The highest BCUT2D eigenvalue weighted by atomic mass is 14.5. The molecule has 0 saturated carbocycles. The van der Waals surface area contributed by atoms with E-state index in [9.17, 15) is 0 Å². The number of allylic oxidation sites excluding steroid dienone is 4. The molecule has 0 spiro atoms. The molecule has 0 unspecified atom stereocenters. The Morgan fingerprint density at radius 3 is 1.83 bits per heavy atom. The quantitative estimate of drug-likeness (QED) is 0.346. The summed E-state index contributed by atoms with van der Waals surface area (Å²) in [5, 5.41) is 0. The molecule has 18 heavy (non-hydrogen) atoms. The van der Waals surface area contributed by atoms with Gasteiger partial charge in [-0.25, -0.2) is 0 Å². The molecule has 0 amide bonds. The van der Waals surface area contributed by atoms with Crippen LogP contribution in [0.25, 0.3) is 0 Å². The molecule has 0 aromatic heterocycles. The summed E-state index contributed by atoms with van der Waals surface area (Å²) in [6.45, 7) is 3.10. The first-order chi connectivity index (χ1) is 8.91. The van der Waals surface area contributed by atoms with Gasteiger partial charge in [-0.15, -0.1) is 0 Å². The van der Waals surface area contributed by atoms with Crippen LogP contribution >= 0.6 is 0 Å². The van der Waals surface area contributed by atoms with Crippen molar-refractivity contribution in [3.63, 3.8) is 0 Å². The van der Waals surface area contributed by atoms with Crippen molar-refractivity contribution in [3.05, 3.63) is 24.3 Å². The van der Waals surface area contributed by atoms with Crippen molar-refractivity contribution < 1.29 is 0 Å². The third-order valence-corrected chi connectivity index (χ3v) is 3.15. The molecule has 0 aromatic rings. The van der Waals surface area contributed by atoms with E-state index in [2.05, 4.69) is 31.2 Å². The number of hydrogen-bond acceptors (Lipinski definition) is 1. The van der Waals surface area contributed by atoms with Crippen LogP contribution in [0, 0.1) is 0 Å². The first-order valence-corrected chi connectivity index (χ1v) is 7.92. The van der Waals surface area contributed by atoms with E-state index in [1.54, 1.807) is 0 Å². The Morgan fingerprint density at radius 1 is 0.667 bits per heavy atom. The van der Waals surface area contributed by atoms with Gasteiger partial charge in [-0.05, 0) is 45.1 Å². The summed E-state index contributed by atoms with van der Waals surface area (Å²) in [5.74, 6) is 0. The van der Waals surface area contributed by atoms with Gasteiger partial charge >= 0.3 is 0 Å². The number of hydrogen-bond donors (Lipinski definition) is 1. The van der Waals surface area contributed by atoms with Crippen molar-refractivity contribution in [1.29, 1.82) is 0 Å². The fourth-order valence-electron chi connectivity index (χ4n) is 1.96. The van der Waals surface area contributed by atoms with Crippen LogP contribution in [-0.4, -0.2) is 6.54 Å². The van der Waals surface area contributed by atoms with Crippen LogP contribution in [0.2, 0.25) is 0 Å². The van der Waals surface area contributed by atoms with Crippen molar-refractivity contribution in [2.24, 2.45) is 5.73 Å². The van der Waals surface area contributed by atoms with E-state index in [0.29, 0.717) is 0 Å².